The first-order valence-corrected chi connectivity index (χ1v) is 5.28. The first-order chi connectivity index (χ1) is 8.26. The number of aliphatic hydroxyl groups is 1. The molecular weight excluding hydrogens is 218 g/mol. The molecule has 0 saturated heterocycles. The molecule has 0 atom stereocenters. The number of carbonyl (C=O) groups is 1. The zero-order chi connectivity index (χ0) is 12.3. The Labute approximate surface area is 98.7 Å². The van der Waals surface area contributed by atoms with Crippen LogP contribution < -0.4 is 5.73 Å². The van der Waals surface area contributed by atoms with Gasteiger partial charge in [-0.15, -0.1) is 0 Å². The van der Waals surface area contributed by atoms with Crippen LogP contribution in [0.15, 0.2) is 34.9 Å². The molecule has 2 aromatic rings. The number of para-hydroxylation sites is 1. The summed E-state index contributed by atoms with van der Waals surface area (Å²) in [5.74, 6) is 0.560. The van der Waals surface area contributed by atoms with Gasteiger partial charge < -0.3 is 15.3 Å². The van der Waals surface area contributed by atoms with Crippen LogP contribution in [0, 0.1) is 0 Å². The van der Waals surface area contributed by atoms with Crippen LogP contribution >= 0.6 is 0 Å². The summed E-state index contributed by atoms with van der Waals surface area (Å²) >= 11 is 0. The molecule has 88 valence electrons. The fourth-order valence-corrected chi connectivity index (χ4v) is 1.72. The molecule has 0 unspecified atom stereocenters. The first kappa shape index (κ1) is 11.4. The highest BCUT2D eigenvalue weighted by Gasteiger charge is 2.10. The number of hydrogen-bond donors (Lipinski definition) is 2. The van der Waals surface area contributed by atoms with E-state index < -0.39 is 0 Å². The van der Waals surface area contributed by atoms with Crippen molar-refractivity contribution in [2.24, 2.45) is 0 Å². The van der Waals surface area contributed by atoms with Gasteiger partial charge in [-0.05, 0) is 24.1 Å². The van der Waals surface area contributed by atoms with E-state index in [0.29, 0.717) is 23.4 Å². The number of aliphatic hydroxyl groups excluding tert-OH is 1. The minimum atomic E-state index is 0.0470. The van der Waals surface area contributed by atoms with E-state index in [1.807, 2.05) is 18.2 Å². The third kappa shape index (κ3) is 2.21. The molecule has 0 amide bonds. The summed E-state index contributed by atoms with van der Waals surface area (Å²) in [6.07, 6.45) is 2.61. The zero-order valence-corrected chi connectivity index (χ0v) is 9.22. The topological polar surface area (TPSA) is 76.5 Å². The number of anilines is 1. The van der Waals surface area contributed by atoms with Gasteiger partial charge in [-0.25, -0.2) is 0 Å². The van der Waals surface area contributed by atoms with Crippen molar-refractivity contribution in [3.63, 3.8) is 0 Å². The van der Waals surface area contributed by atoms with Crippen molar-refractivity contribution in [3.05, 3.63) is 41.7 Å². The van der Waals surface area contributed by atoms with Gasteiger partial charge in [-0.3, -0.25) is 4.79 Å². The zero-order valence-electron chi connectivity index (χ0n) is 9.22. The molecular formula is C13H13NO3. The Bertz CT molecular complexity index is 531. The van der Waals surface area contributed by atoms with Crippen LogP contribution in [0.5, 0.6) is 0 Å². The normalized spacial score (nSPS) is 10.4. The van der Waals surface area contributed by atoms with E-state index in [-0.39, 0.29) is 6.61 Å². The molecule has 0 aliphatic rings. The van der Waals surface area contributed by atoms with E-state index in [2.05, 4.69) is 0 Å². The number of nitrogen functional groups attached to an aromatic ring is 1. The lowest BCUT2D eigenvalue weighted by Gasteiger charge is -2.07. The molecule has 1 aromatic carbocycles. The maximum absolute atomic E-state index is 10.6. The minimum absolute atomic E-state index is 0.0470. The van der Waals surface area contributed by atoms with E-state index >= 15 is 0 Å². The SMILES string of the molecule is Nc1c(CCO)cccc1-c1cc(C=O)co1. The number of benzene rings is 1. The van der Waals surface area contributed by atoms with E-state index in [9.17, 15) is 4.79 Å². The number of rotatable bonds is 4. The van der Waals surface area contributed by atoms with Crippen LogP contribution in [-0.2, 0) is 6.42 Å². The molecule has 0 saturated carbocycles. The number of carbonyl (C=O) groups excluding carboxylic acids is 1. The van der Waals surface area contributed by atoms with Crippen molar-refractivity contribution < 1.29 is 14.3 Å². The summed E-state index contributed by atoms with van der Waals surface area (Å²) in [6, 6.07) is 7.17. The Morgan fingerprint density at radius 2 is 2.24 bits per heavy atom. The van der Waals surface area contributed by atoms with Crippen LogP contribution in [0.3, 0.4) is 0 Å². The molecule has 0 bridgehead atoms. The van der Waals surface area contributed by atoms with Gasteiger partial charge in [0.1, 0.15) is 12.0 Å². The van der Waals surface area contributed by atoms with Gasteiger partial charge in [-0.2, -0.15) is 0 Å². The molecule has 0 radical (unpaired) electrons. The summed E-state index contributed by atoms with van der Waals surface area (Å²) in [7, 11) is 0. The predicted octanol–water partition coefficient (Wildman–Crippen LogP) is 1.88. The van der Waals surface area contributed by atoms with Crippen molar-refractivity contribution in [2.75, 3.05) is 12.3 Å². The lowest BCUT2D eigenvalue weighted by molar-refractivity contribution is 0.112. The van der Waals surface area contributed by atoms with Crippen molar-refractivity contribution in [1.82, 2.24) is 0 Å². The molecule has 0 aliphatic heterocycles. The molecule has 4 heteroatoms. The average molecular weight is 231 g/mol. The third-order valence-corrected chi connectivity index (χ3v) is 2.60. The quantitative estimate of drug-likeness (QED) is 0.622. The molecule has 0 fully saturated rings. The van der Waals surface area contributed by atoms with Crippen LogP contribution in [0.4, 0.5) is 5.69 Å². The second kappa shape index (κ2) is 4.84. The fraction of sp³-hybridized carbons (Fsp3) is 0.154. The second-order valence-electron chi connectivity index (χ2n) is 3.71. The Hall–Kier alpha value is -2.07. The minimum Gasteiger partial charge on any atom is -0.464 e. The van der Waals surface area contributed by atoms with Gasteiger partial charge in [0, 0.05) is 17.9 Å². The molecule has 1 heterocycles. The lowest BCUT2D eigenvalue weighted by Crippen LogP contribution is -1.99. The Balaban J connectivity index is 2.44. The van der Waals surface area contributed by atoms with Gasteiger partial charge in [0.15, 0.2) is 6.29 Å². The molecule has 0 aliphatic carbocycles. The number of hydrogen-bond acceptors (Lipinski definition) is 4. The standard InChI is InChI=1S/C13H13NO3/c14-13-10(4-5-15)2-1-3-11(13)12-6-9(7-16)8-17-12/h1-3,6-8,15H,4-5,14H2. The van der Waals surface area contributed by atoms with E-state index in [4.69, 9.17) is 15.3 Å². The molecule has 4 nitrogen and oxygen atoms in total. The van der Waals surface area contributed by atoms with Crippen LogP contribution in [0.2, 0.25) is 0 Å². The first-order valence-electron chi connectivity index (χ1n) is 5.28. The highest BCUT2D eigenvalue weighted by Crippen LogP contribution is 2.29. The van der Waals surface area contributed by atoms with Crippen LogP contribution in [0.1, 0.15) is 15.9 Å². The van der Waals surface area contributed by atoms with Crippen molar-refractivity contribution in [3.8, 4) is 11.3 Å². The lowest BCUT2D eigenvalue weighted by atomic mass is 10.0. The summed E-state index contributed by atoms with van der Waals surface area (Å²) in [6.45, 7) is 0.0470. The Morgan fingerprint density at radius 1 is 1.41 bits per heavy atom. The maximum Gasteiger partial charge on any atom is 0.153 e. The van der Waals surface area contributed by atoms with Gasteiger partial charge in [-0.1, -0.05) is 12.1 Å². The summed E-state index contributed by atoms with van der Waals surface area (Å²) in [5.41, 5.74) is 8.66. The van der Waals surface area contributed by atoms with E-state index in [1.54, 1.807) is 6.07 Å². The van der Waals surface area contributed by atoms with Gasteiger partial charge in [0.2, 0.25) is 0 Å². The van der Waals surface area contributed by atoms with E-state index in [1.165, 1.54) is 6.26 Å². The van der Waals surface area contributed by atoms with Gasteiger partial charge >= 0.3 is 0 Å². The average Bonchev–Trinajstić information content (AvgIpc) is 2.80. The summed E-state index contributed by atoms with van der Waals surface area (Å²) < 4.78 is 5.28. The Morgan fingerprint density at radius 3 is 2.88 bits per heavy atom. The predicted molar refractivity (Wildman–Crippen MR) is 64.7 cm³/mol. The third-order valence-electron chi connectivity index (χ3n) is 2.60. The second-order valence-corrected chi connectivity index (χ2v) is 3.71. The monoisotopic (exact) mass is 231 g/mol. The van der Waals surface area contributed by atoms with Gasteiger partial charge in [0.25, 0.3) is 0 Å². The smallest absolute Gasteiger partial charge is 0.153 e. The molecule has 0 spiro atoms. The summed E-state index contributed by atoms with van der Waals surface area (Å²) in [4.78, 5) is 10.6. The number of nitrogens with two attached hydrogens (primary N) is 1. The fourth-order valence-electron chi connectivity index (χ4n) is 1.72. The van der Waals surface area contributed by atoms with Crippen LogP contribution in [-0.4, -0.2) is 18.0 Å². The molecule has 2 rings (SSSR count). The highest BCUT2D eigenvalue weighted by atomic mass is 16.3. The highest BCUT2D eigenvalue weighted by molar-refractivity contribution is 5.81. The number of furan rings is 1. The number of aldehydes is 1. The summed E-state index contributed by atoms with van der Waals surface area (Å²) in [5, 5.41) is 8.92. The van der Waals surface area contributed by atoms with Crippen molar-refractivity contribution in [1.29, 1.82) is 0 Å². The molecule has 1 aromatic heterocycles. The van der Waals surface area contributed by atoms with Crippen molar-refractivity contribution in [2.45, 2.75) is 6.42 Å². The molecule has 17 heavy (non-hydrogen) atoms. The van der Waals surface area contributed by atoms with Crippen LogP contribution in [0.25, 0.3) is 11.3 Å². The molecule has 3 N–H and O–H groups in total. The largest absolute Gasteiger partial charge is 0.464 e. The van der Waals surface area contributed by atoms with Crippen molar-refractivity contribution >= 4 is 12.0 Å². The maximum atomic E-state index is 10.6. The Kier molecular flexibility index (Phi) is 3.25. The van der Waals surface area contributed by atoms with Gasteiger partial charge in [0.05, 0.1) is 5.56 Å². The van der Waals surface area contributed by atoms with E-state index in [0.717, 1.165) is 17.4 Å².